The predicted octanol–water partition coefficient (Wildman–Crippen LogP) is 1.99. The van der Waals surface area contributed by atoms with Gasteiger partial charge in [0.15, 0.2) is 0 Å². The Labute approximate surface area is 118 Å². The molecule has 0 aromatic heterocycles. The van der Waals surface area contributed by atoms with Crippen LogP contribution in [0.3, 0.4) is 0 Å². The topological polar surface area (TPSA) is 58.6 Å². The van der Waals surface area contributed by atoms with Gasteiger partial charge in [-0.3, -0.25) is 14.4 Å². The maximum absolute atomic E-state index is 12.4. The van der Waals surface area contributed by atoms with E-state index in [0.717, 1.165) is 6.42 Å². The number of hydrogen-bond donors (Lipinski definition) is 1. The van der Waals surface area contributed by atoms with Crippen LogP contribution >= 0.6 is 0 Å². The highest BCUT2D eigenvalue weighted by Crippen LogP contribution is 2.16. The lowest BCUT2D eigenvalue weighted by Gasteiger charge is -2.22. The summed E-state index contributed by atoms with van der Waals surface area (Å²) < 4.78 is 0. The molecule has 1 heterocycles. The molecule has 5 nitrogen and oxygen atoms in total. The molecule has 0 unspecified atom stereocenters. The number of hydrogen-bond acceptors (Lipinski definition) is 3. The van der Waals surface area contributed by atoms with Gasteiger partial charge in [0.05, 0.1) is 24.3 Å². The molecule has 0 radical (unpaired) electrons. The van der Waals surface area contributed by atoms with Crippen LogP contribution in [-0.4, -0.2) is 35.6 Å². The normalized spacial score (nSPS) is 15.2. The van der Waals surface area contributed by atoms with Crippen molar-refractivity contribution in [3.8, 4) is 0 Å². The summed E-state index contributed by atoms with van der Waals surface area (Å²) in [6, 6.07) is 6.81. The molecule has 1 N–H and O–H groups in total. The zero-order valence-electron chi connectivity index (χ0n) is 12.1. The number of amides is 2. The van der Waals surface area contributed by atoms with Crippen LogP contribution in [0.4, 0.5) is 0 Å². The molecule has 0 spiro atoms. The summed E-state index contributed by atoms with van der Waals surface area (Å²) >= 11 is 0. The first-order valence-electron chi connectivity index (χ1n) is 6.75. The number of benzene rings is 1. The molecule has 1 fully saturated rings. The fraction of sp³-hybridized carbons (Fsp3) is 0.467. The van der Waals surface area contributed by atoms with E-state index >= 15 is 0 Å². The number of hydroxylamine groups is 2. The summed E-state index contributed by atoms with van der Waals surface area (Å²) in [5, 5.41) is 4.19. The van der Waals surface area contributed by atoms with E-state index < -0.39 is 0 Å². The van der Waals surface area contributed by atoms with E-state index in [4.69, 9.17) is 4.84 Å². The van der Waals surface area contributed by atoms with Gasteiger partial charge < -0.3 is 5.32 Å². The van der Waals surface area contributed by atoms with Crippen LogP contribution in [-0.2, 0) is 4.84 Å². The molecule has 0 atom stereocenters. The van der Waals surface area contributed by atoms with Crippen molar-refractivity contribution in [2.24, 2.45) is 0 Å². The summed E-state index contributed by atoms with van der Waals surface area (Å²) in [5.41, 5.74) is 0.399. The molecule has 1 aliphatic heterocycles. The molecule has 0 saturated carbocycles. The lowest BCUT2D eigenvalue weighted by Crippen LogP contribution is -2.41. The average molecular weight is 276 g/mol. The van der Waals surface area contributed by atoms with Crippen molar-refractivity contribution in [1.29, 1.82) is 0 Å². The van der Waals surface area contributed by atoms with Crippen molar-refractivity contribution < 1.29 is 14.4 Å². The molecule has 1 aromatic rings. The Bertz CT molecular complexity index is 514. The van der Waals surface area contributed by atoms with Crippen molar-refractivity contribution in [2.75, 3.05) is 13.2 Å². The largest absolute Gasteiger partial charge is 0.347 e. The number of carbonyl (C=O) groups excluding carboxylic acids is 2. The molecule has 20 heavy (non-hydrogen) atoms. The van der Waals surface area contributed by atoms with Gasteiger partial charge in [-0.05, 0) is 39.3 Å². The Kier molecular flexibility index (Phi) is 4.09. The van der Waals surface area contributed by atoms with Crippen molar-refractivity contribution in [2.45, 2.75) is 32.7 Å². The predicted molar refractivity (Wildman–Crippen MR) is 75.3 cm³/mol. The van der Waals surface area contributed by atoms with Crippen molar-refractivity contribution >= 4 is 11.8 Å². The second-order valence-corrected chi connectivity index (χ2v) is 5.84. The Balaban J connectivity index is 2.26. The van der Waals surface area contributed by atoms with Gasteiger partial charge in [0, 0.05) is 5.54 Å². The average Bonchev–Trinajstić information content (AvgIpc) is 2.89. The fourth-order valence-electron chi connectivity index (χ4n) is 2.02. The minimum Gasteiger partial charge on any atom is -0.347 e. The molecule has 5 heteroatoms. The lowest BCUT2D eigenvalue weighted by molar-refractivity contribution is -0.0768. The quantitative estimate of drug-likeness (QED) is 0.898. The van der Waals surface area contributed by atoms with Crippen LogP contribution in [0, 0.1) is 0 Å². The Morgan fingerprint density at radius 2 is 1.85 bits per heavy atom. The lowest BCUT2D eigenvalue weighted by atomic mass is 10.0. The number of nitrogens with zero attached hydrogens (tertiary/aromatic N) is 1. The summed E-state index contributed by atoms with van der Waals surface area (Å²) in [4.78, 5) is 29.9. The van der Waals surface area contributed by atoms with Crippen LogP contribution in [0.15, 0.2) is 24.3 Å². The van der Waals surface area contributed by atoms with Gasteiger partial charge in [0.1, 0.15) is 0 Å². The van der Waals surface area contributed by atoms with Crippen molar-refractivity contribution in [3.05, 3.63) is 35.4 Å². The summed E-state index contributed by atoms with van der Waals surface area (Å²) in [6.45, 7) is 6.81. The molecular formula is C15H20N2O3. The van der Waals surface area contributed by atoms with Crippen molar-refractivity contribution in [3.63, 3.8) is 0 Å². The molecule has 0 aliphatic carbocycles. The minimum absolute atomic E-state index is 0.249. The van der Waals surface area contributed by atoms with E-state index in [2.05, 4.69) is 5.32 Å². The highest BCUT2D eigenvalue weighted by molar-refractivity contribution is 6.07. The summed E-state index contributed by atoms with van der Waals surface area (Å²) in [7, 11) is 0. The third-order valence-electron chi connectivity index (χ3n) is 2.87. The van der Waals surface area contributed by atoms with E-state index in [-0.39, 0.29) is 17.4 Å². The van der Waals surface area contributed by atoms with Gasteiger partial charge >= 0.3 is 0 Å². The van der Waals surface area contributed by atoms with Gasteiger partial charge in [-0.25, -0.2) is 5.06 Å². The summed E-state index contributed by atoms with van der Waals surface area (Å²) in [6.07, 6.45) is 0.822. The first kappa shape index (κ1) is 14.5. The molecule has 0 bridgehead atoms. The van der Waals surface area contributed by atoms with Crippen LogP contribution in [0.2, 0.25) is 0 Å². The van der Waals surface area contributed by atoms with E-state index in [0.29, 0.717) is 24.3 Å². The molecule has 1 aliphatic rings. The maximum atomic E-state index is 12.4. The number of carbonyl (C=O) groups is 2. The maximum Gasteiger partial charge on any atom is 0.278 e. The first-order valence-corrected chi connectivity index (χ1v) is 6.75. The van der Waals surface area contributed by atoms with E-state index in [1.54, 1.807) is 24.3 Å². The monoisotopic (exact) mass is 276 g/mol. The highest BCUT2D eigenvalue weighted by Gasteiger charge is 2.26. The molecule has 1 saturated heterocycles. The van der Waals surface area contributed by atoms with Gasteiger partial charge in [0.2, 0.25) is 0 Å². The van der Waals surface area contributed by atoms with E-state index in [1.165, 1.54) is 5.06 Å². The van der Waals surface area contributed by atoms with Crippen LogP contribution in [0.1, 0.15) is 47.9 Å². The third-order valence-corrected chi connectivity index (χ3v) is 2.87. The highest BCUT2D eigenvalue weighted by atomic mass is 16.7. The standard InChI is InChI=1S/C15H20N2O3/c1-15(2,3)16-13(18)11-7-4-5-8-12(11)14(19)17-9-6-10-20-17/h4-5,7-8H,6,9-10H2,1-3H3,(H,16,18). The Hall–Kier alpha value is -1.88. The fourth-order valence-corrected chi connectivity index (χ4v) is 2.02. The molecular weight excluding hydrogens is 256 g/mol. The SMILES string of the molecule is CC(C)(C)NC(=O)c1ccccc1C(=O)N1CCCO1. The third kappa shape index (κ3) is 3.36. The smallest absolute Gasteiger partial charge is 0.278 e. The zero-order chi connectivity index (χ0) is 14.8. The van der Waals surface area contributed by atoms with Crippen LogP contribution < -0.4 is 5.32 Å². The Morgan fingerprint density at radius 3 is 2.40 bits per heavy atom. The van der Waals surface area contributed by atoms with E-state index in [1.807, 2.05) is 20.8 Å². The second kappa shape index (κ2) is 5.63. The number of rotatable bonds is 2. The van der Waals surface area contributed by atoms with Crippen LogP contribution in [0.25, 0.3) is 0 Å². The molecule has 1 aromatic carbocycles. The summed E-state index contributed by atoms with van der Waals surface area (Å²) in [5.74, 6) is -0.511. The molecule has 2 rings (SSSR count). The first-order chi connectivity index (χ1) is 9.38. The minimum atomic E-state index is -0.350. The van der Waals surface area contributed by atoms with E-state index in [9.17, 15) is 9.59 Å². The molecule has 108 valence electrons. The zero-order valence-corrected chi connectivity index (χ0v) is 12.1. The molecule has 2 amide bonds. The number of nitrogens with one attached hydrogen (secondary N) is 1. The Morgan fingerprint density at radius 1 is 1.20 bits per heavy atom. The van der Waals surface area contributed by atoms with Gasteiger partial charge in [-0.2, -0.15) is 0 Å². The van der Waals surface area contributed by atoms with Gasteiger partial charge in [0.25, 0.3) is 11.8 Å². The second-order valence-electron chi connectivity index (χ2n) is 5.84. The van der Waals surface area contributed by atoms with Crippen LogP contribution in [0.5, 0.6) is 0 Å². The van der Waals surface area contributed by atoms with Crippen molar-refractivity contribution in [1.82, 2.24) is 10.4 Å². The van der Waals surface area contributed by atoms with Gasteiger partial charge in [-0.1, -0.05) is 12.1 Å². The van der Waals surface area contributed by atoms with Gasteiger partial charge in [-0.15, -0.1) is 0 Å².